The van der Waals surface area contributed by atoms with Crippen molar-refractivity contribution in [2.45, 2.75) is 44.3 Å². The first-order chi connectivity index (χ1) is 15.6. The van der Waals surface area contributed by atoms with Gasteiger partial charge in [-0.05, 0) is 48.2 Å². The van der Waals surface area contributed by atoms with E-state index in [-0.39, 0.29) is 6.79 Å². The molecule has 1 unspecified atom stereocenters. The third-order valence-electron chi connectivity index (χ3n) is 6.68. The van der Waals surface area contributed by atoms with Gasteiger partial charge in [0.05, 0.1) is 17.3 Å². The van der Waals surface area contributed by atoms with Gasteiger partial charge < -0.3 is 19.3 Å². The van der Waals surface area contributed by atoms with Crippen molar-refractivity contribution in [3.8, 4) is 11.5 Å². The predicted octanol–water partition coefficient (Wildman–Crippen LogP) is 4.55. The number of esters is 1. The lowest BCUT2D eigenvalue weighted by Crippen LogP contribution is -2.30. The van der Waals surface area contributed by atoms with Gasteiger partial charge in [0, 0.05) is 11.1 Å². The van der Waals surface area contributed by atoms with Crippen LogP contribution in [0.5, 0.6) is 11.5 Å². The molecule has 2 aliphatic heterocycles. The molecule has 0 bridgehead atoms. The number of carbonyl (C=O) groups is 1. The van der Waals surface area contributed by atoms with Gasteiger partial charge in [-0.2, -0.15) is 8.75 Å². The van der Waals surface area contributed by atoms with E-state index >= 15 is 0 Å². The maximum absolute atomic E-state index is 13.2. The summed E-state index contributed by atoms with van der Waals surface area (Å²) in [6.07, 6.45) is 6.33. The number of carbonyl (C=O) groups excluding carboxylic acids is 1. The number of ether oxygens (including phenoxy) is 3. The molecule has 6 rings (SSSR count). The number of benzene rings is 2. The molecular formula is C24H22N2O5S. The van der Waals surface area contributed by atoms with E-state index in [2.05, 4.69) is 8.75 Å². The lowest BCUT2D eigenvalue weighted by Gasteiger charge is -2.29. The zero-order chi connectivity index (χ0) is 21.7. The van der Waals surface area contributed by atoms with Crippen molar-refractivity contribution in [1.29, 1.82) is 0 Å². The molecule has 0 amide bonds. The second kappa shape index (κ2) is 7.56. The quantitative estimate of drug-likeness (QED) is 0.583. The maximum Gasteiger partial charge on any atom is 0.341 e. The van der Waals surface area contributed by atoms with Crippen LogP contribution in [0.3, 0.4) is 0 Å². The highest BCUT2D eigenvalue weighted by molar-refractivity contribution is 7.00. The average molecular weight is 451 g/mol. The molecule has 3 aliphatic rings. The molecule has 0 spiro atoms. The molecule has 3 aromatic rings. The van der Waals surface area contributed by atoms with Gasteiger partial charge in [0.1, 0.15) is 11.0 Å². The summed E-state index contributed by atoms with van der Waals surface area (Å²) >= 11 is 1.13. The molecule has 1 N–H and O–H groups in total. The lowest BCUT2D eigenvalue weighted by atomic mass is 9.80. The van der Waals surface area contributed by atoms with Crippen LogP contribution in [0.25, 0.3) is 16.6 Å². The highest BCUT2D eigenvalue weighted by Gasteiger charge is 2.49. The van der Waals surface area contributed by atoms with E-state index in [1.54, 1.807) is 18.2 Å². The van der Waals surface area contributed by atoms with E-state index in [0.717, 1.165) is 35.6 Å². The first-order valence-electron chi connectivity index (χ1n) is 10.9. The van der Waals surface area contributed by atoms with Crippen LogP contribution >= 0.6 is 11.7 Å². The first kappa shape index (κ1) is 19.7. The maximum atomic E-state index is 13.2. The summed E-state index contributed by atoms with van der Waals surface area (Å²) in [5.74, 6) is -0.833. The zero-order valence-electron chi connectivity index (χ0n) is 17.4. The summed E-state index contributed by atoms with van der Waals surface area (Å²) in [6.45, 7) is 0.134. The summed E-state index contributed by atoms with van der Waals surface area (Å²) < 4.78 is 25.2. The summed E-state index contributed by atoms with van der Waals surface area (Å²) in [4.78, 5) is 13.2. The largest absolute Gasteiger partial charge is 0.454 e. The van der Waals surface area contributed by atoms with Crippen molar-refractivity contribution >= 4 is 34.3 Å². The smallest absolute Gasteiger partial charge is 0.341 e. The fourth-order valence-electron chi connectivity index (χ4n) is 5.03. The number of aliphatic hydroxyl groups is 1. The number of fused-ring (bicyclic) bond motifs is 2. The van der Waals surface area contributed by atoms with Crippen LogP contribution in [0.4, 0.5) is 0 Å². The van der Waals surface area contributed by atoms with Crippen molar-refractivity contribution in [1.82, 2.24) is 8.75 Å². The number of hydrogen-bond donors (Lipinski definition) is 1. The fourth-order valence-corrected chi connectivity index (χ4v) is 5.55. The second-order valence-electron chi connectivity index (χ2n) is 8.63. The highest BCUT2D eigenvalue weighted by atomic mass is 32.1. The third-order valence-corrected chi connectivity index (χ3v) is 7.24. The molecule has 0 saturated heterocycles. The van der Waals surface area contributed by atoms with Gasteiger partial charge in [-0.1, -0.05) is 38.2 Å². The summed E-state index contributed by atoms with van der Waals surface area (Å²) in [6, 6.07) is 10.7. The molecule has 164 valence electrons. The van der Waals surface area contributed by atoms with Crippen molar-refractivity contribution in [3.63, 3.8) is 0 Å². The Balaban J connectivity index is 1.49. The van der Waals surface area contributed by atoms with Crippen LogP contribution < -0.4 is 9.47 Å². The first-order valence-corrected chi connectivity index (χ1v) is 11.7. The predicted molar refractivity (Wildman–Crippen MR) is 118 cm³/mol. The van der Waals surface area contributed by atoms with Gasteiger partial charge in [0.25, 0.3) is 5.79 Å². The molecule has 1 saturated carbocycles. The van der Waals surface area contributed by atoms with Crippen molar-refractivity contribution in [2.24, 2.45) is 5.92 Å². The van der Waals surface area contributed by atoms with Crippen molar-refractivity contribution in [2.75, 3.05) is 6.79 Å². The molecule has 1 fully saturated rings. The standard InChI is InChI=1S/C24H22N2O5S/c27-23-22(15-6-8-18-19(11-15)26-32-25-18)17(10-14-4-2-1-3-5-14)24(28,31-23)16-7-9-20-21(12-16)30-13-29-20/h6-9,11-12,14,28H,1-5,10,13H2. The zero-order valence-corrected chi connectivity index (χ0v) is 18.2. The highest BCUT2D eigenvalue weighted by Crippen LogP contribution is 2.49. The van der Waals surface area contributed by atoms with E-state index in [1.165, 1.54) is 19.3 Å². The van der Waals surface area contributed by atoms with Gasteiger partial charge in [-0.25, -0.2) is 4.79 Å². The lowest BCUT2D eigenvalue weighted by molar-refractivity contribution is -0.185. The molecule has 1 aliphatic carbocycles. The molecule has 1 aromatic heterocycles. The van der Waals surface area contributed by atoms with E-state index in [9.17, 15) is 9.90 Å². The number of cyclic esters (lactones) is 1. The Morgan fingerprint density at radius 2 is 1.81 bits per heavy atom. The Morgan fingerprint density at radius 1 is 1.00 bits per heavy atom. The van der Waals surface area contributed by atoms with Crippen LogP contribution in [0.1, 0.15) is 49.7 Å². The monoisotopic (exact) mass is 450 g/mol. The topological polar surface area (TPSA) is 90.8 Å². The van der Waals surface area contributed by atoms with Gasteiger partial charge >= 0.3 is 5.97 Å². The van der Waals surface area contributed by atoms with E-state index in [1.807, 2.05) is 18.2 Å². The number of hydrogen-bond acceptors (Lipinski definition) is 8. The van der Waals surface area contributed by atoms with Crippen LogP contribution in [-0.4, -0.2) is 26.6 Å². The fraction of sp³-hybridized carbons (Fsp3) is 0.375. The minimum Gasteiger partial charge on any atom is -0.454 e. The van der Waals surface area contributed by atoms with Crippen LogP contribution in [0.15, 0.2) is 42.0 Å². The molecule has 0 radical (unpaired) electrons. The Bertz CT molecular complexity index is 1250. The molecular weight excluding hydrogens is 428 g/mol. The molecule has 8 heteroatoms. The Hall–Kier alpha value is -2.97. The Morgan fingerprint density at radius 3 is 2.69 bits per heavy atom. The minimum absolute atomic E-state index is 0.134. The van der Waals surface area contributed by atoms with E-state index in [0.29, 0.717) is 46.1 Å². The normalized spacial score (nSPS) is 23.2. The summed E-state index contributed by atoms with van der Waals surface area (Å²) in [5.41, 5.74) is 3.69. The van der Waals surface area contributed by atoms with Crippen LogP contribution in [0, 0.1) is 5.92 Å². The molecule has 1 atom stereocenters. The molecule has 2 aromatic carbocycles. The number of nitrogens with zero attached hydrogens (tertiary/aromatic N) is 2. The van der Waals surface area contributed by atoms with E-state index < -0.39 is 11.8 Å². The second-order valence-corrected chi connectivity index (χ2v) is 9.16. The minimum atomic E-state index is -1.85. The summed E-state index contributed by atoms with van der Waals surface area (Å²) in [7, 11) is 0. The molecule has 3 heterocycles. The van der Waals surface area contributed by atoms with Crippen molar-refractivity contribution < 1.29 is 24.1 Å². The van der Waals surface area contributed by atoms with E-state index in [4.69, 9.17) is 14.2 Å². The van der Waals surface area contributed by atoms with Gasteiger partial charge in [0.2, 0.25) is 6.79 Å². The van der Waals surface area contributed by atoms with Crippen LogP contribution in [0.2, 0.25) is 0 Å². The summed E-state index contributed by atoms with van der Waals surface area (Å²) in [5, 5.41) is 11.8. The van der Waals surface area contributed by atoms with Gasteiger partial charge in [-0.3, -0.25) is 0 Å². The Labute approximate surface area is 189 Å². The number of rotatable bonds is 4. The van der Waals surface area contributed by atoms with Crippen molar-refractivity contribution in [3.05, 3.63) is 53.1 Å². The van der Waals surface area contributed by atoms with Crippen LogP contribution in [-0.2, 0) is 15.3 Å². The molecule has 7 nitrogen and oxygen atoms in total. The van der Waals surface area contributed by atoms with Gasteiger partial charge in [0.15, 0.2) is 11.5 Å². The third kappa shape index (κ3) is 3.17. The van der Waals surface area contributed by atoms with Gasteiger partial charge in [-0.15, -0.1) is 0 Å². The number of aromatic nitrogens is 2. The Kier molecular flexibility index (Phi) is 4.66. The SMILES string of the molecule is O=C1OC(O)(c2ccc3c(c2)OCO3)C(CC2CCCCC2)=C1c1ccc2nsnc2c1. The average Bonchev–Trinajstić information content (AvgIpc) is 3.52. The molecule has 32 heavy (non-hydrogen) atoms.